The molecule has 1 heterocycles. The summed E-state index contributed by atoms with van der Waals surface area (Å²) in [6.07, 6.45) is 2.71. The highest BCUT2D eigenvalue weighted by molar-refractivity contribution is 6.35. The minimum Gasteiger partial charge on any atom is -0.505 e. The Labute approximate surface area is 161 Å². The van der Waals surface area contributed by atoms with Crippen LogP contribution in [0.15, 0.2) is 48.7 Å². The minimum atomic E-state index is -0.560. The maximum atomic E-state index is 12.3. The predicted octanol–water partition coefficient (Wildman–Crippen LogP) is 5.25. The lowest BCUT2D eigenvalue weighted by Crippen LogP contribution is -2.29. The number of nitrogens with one attached hydrogen (secondary N) is 1. The normalized spacial score (nSPS) is 12.1. The second-order valence-electron chi connectivity index (χ2n) is 6.00. The van der Waals surface area contributed by atoms with Crippen molar-refractivity contribution >= 4 is 40.0 Å². The van der Waals surface area contributed by atoms with E-state index in [1.807, 2.05) is 19.1 Å². The third-order valence-corrected chi connectivity index (χ3v) is 4.71. The van der Waals surface area contributed by atoms with Crippen molar-refractivity contribution in [2.75, 3.05) is 0 Å². The number of phenolic OH excluding ortho intramolecular Hbond substituents is 1. The largest absolute Gasteiger partial charge is 0.505 e. The first-order valence-electron chi connectivity index (χ1n) is 8.32. The van der Waals surface area contributed by atoms with Gasteiger partial charge in [-0.2, -0.15) is 0 Å². The molecule has 4 nitrogen and oxygen atoms in total. The van der Waals surface area contributed by atoms with E-state index in [-0.39, 0.29) is 11.7 Å². The van der Waals surface area contributed by atoms with Gasteiger partial charge in [0.15, 0.2) is 0 Å². The van der Waals surface area contributed by atoms with E-state index in [0.717, 1.165) is 12.0 Å². The van der Waals surface area contributed by atoms with Crippen molar-refractivity contribution in [1.82, 2.24) is 10.3 Å². The Morgan fingerprint density at radius 2 is 1.96 bits per heavy atom. The maximum absolute atomic E-state index is 12.3. The van der Waals surface area contributed by atoms with E-state index in [1.54, 1.807) is 36.5 Å². The number of pyridine rings is 1. The van der Waals surface area contributed by atoms with Crippen LogP contribution in [-0.4, -0.2) is 16.0 Å². The molecule has 0 unspecified atom stereocenters. The molecule has 1 amide bonds. The highest BCUT2D eigenvalue weighted by Crippen LogP contribution is 2.38. The van der Waals surface area contributed by atoms with E-state index in [1.165, 1.54) is 0 Å². The van der Waals surface area contributed by atoms with E-state index in [4.69, 9.17) is 23.2 Å². The molecular formula is C20H18Cl2N2O2. The molecule has 0 aliphatic carbocycles. The number of hydrogen-bond acceptors (Lipinski definition) is 3. The topological polar surface area (TPSA) is 62.2 Å². The van der Waals surface area contributed by atoms with Gasteiger partial charge in [-0.3, -0.25) is 9.78 Å². The number of fused-ring (bicyclic) bond motifs is 1. The van der Waals surface area contributed by atoms with Crippen molar-refractivity contribution in [3.8, 4) is 5.75 Å². The number of rotatable bonds is 5. The van der Waals surface area contributed by atoms with Gasteiger partial charge in [-0.15, -0.1) is 0 Å². The zero-order chi connectivity index (χ0) is 18.7. The smallest absolute Gasteiger partial charge is 0.220 e. The number of carbonyl (C=O) groups is 1. The van der Waals surface area contributed by atoms with Crippen LogP contribution in [0.4, 0.5) is 0 Å². The fraction of sp³-hybridized carbons (Fsp3) is 0.200. The summed E-state index contributed by atoms with van der Waals surface area (Å²) in [6.45, 7) is 1.94. The number of hydrogen-bond donors (Lipinski definition) is 2. The van der Waals surface area contributed by atoms with E-state index in [2.05, 4.69) is 10.3 Å². The molecule has 0 saturated carbocycles. The Kier molecular flexibility index (Phi) is 5.64. The molecule has 1 atom stereocenters. The lowest BCUT2D eigenvalue weighted by atomic mass is 9.96. The van der Waals surface area contributed by atoms with Gasteiger partial charge in [0, 0.05) is 28.6 Å². The third-order valence-electron chi connectivity index (χ3n) is 4.14. The maximum Gasteiger partial charge on any atom is 0.220 e. The quantitative estimate of drug-likeness (QED) is 0.626. The Balaban J connectivity index is 2.15. The second kappa shape index (κ2) is 7.94. The summed E-state index contributed by atoms with van der Waals surface area (Å²) in [7, 11) is 0. The zero-order valence-corrected chi connectivity index (χ0v) is 15.7. The number of benzene rings is 2. The van der Waals surface area contributed by atoms with E-state index >= 15 is 0 Å². The van der Waals surface area contributed by atoms with Crippen LogP contribution >= 0.6 is 23.2 Å². The molecule has 0 spiro atoms. The number of phenols is 1. The molecule has 3 rings (SSSR count). The van der Waals surface area contributed by atoms with Crippen molar-refractivity contribution < 1.29 is 9.90 Å². The molecule has 1 aromatic heterocycles. The van der Waals surface area contributed by atoms with Gasteiger partial charge in [-0.25, -0.2) is 0 Å². The van der Waals surface area contributed by atoms with Crippen LogP contribution in [0.1, 0.15) is 36.9 Å². The molecule has 0 saturated heterocycles. The van der Waals surface area contributed by atoms with Gasteiger partial charge >= 0.3 is 0 Å². The molecule has 0 aliphatic rings. The Bertz CT molecular complexity index is 942. The lowest BCUT2D eigenvalue weighted by molar-refractivity contribution is -0.121. The molecule has 134 valence electrons. The summed E-state index contributed by atoms with van der Waals surface area (Å²) in [5.74, 6) is -0.106. The van der Waals surface area contributed by atoms with Gasteiger partial charge in [-0.1, -0.05) is 42.3 Å². The first-order valence-corrected chi connectivity index (χ1v) is 9.07. The van der Waals surface area contributed by atoms with Gasteiger partial charge in [0.05, 0.1) is 11.1 Å². The average molecular weight is 389 g/mol. The van der Waals surface area contributed by atoms with Crippen molar-refractivity contribution in [2.24, 2.45) is 0 Å². The summed E-state index contributed by atoms with van der Waals surface area (Å²) in [4.78, 5) is 16.5. The van der Waals surface area contributed by atoms with Crippen LogP contribution in [-0.2, 0) is 4.79 Å². The molecule has 3 aromatic rings. The van der Waals surface area contributed by atoms with Crippen LogP contribution in [0, 0.1) is 0 Å². The Morgan fingerprint density at radius 1 is 1.23 bits per heavy atom. The van der Waals surface area contributed by atoms with Gasteiger partial charge < -0.3 is 10.4 Å². The first kappa shape index (κ1) is 18.5. The number of aromatic nitrogens is 1. The molecule has 0 radical (unpaired) electrons. The molecule has 0 fully saturated rings. The number of aromatic hydroxyl groups is 1. The zero-order valence-electron chi connectivity index (χ0n) is 14.2. The van der Waals surface area contributed by atoms with E-state index in [9.17, 15) is 9.90 Å². The molecule has 26 heavy (non-hydrogen) atoms. The van der Waals surface area contributed by atoms with Gasteiger partial charge in [-0.05, 0) is 42.3 Å². The van der Waals surface area contributed by atoms with Crippen LogP contribution in [0.2, 0.25) is 10.0 Å². The van der Waals surface area contributed by atoms with Crippen LogP contribution in [0.25, 0.3) is 10.9 Å². The summed E-state index contributed by atoms with van der Waals surface area (Å²) >= 11 is 12.4. The summed E-state index contributed by atoms with van der Waals surface area (Å²) in [5, 5.41) is 15.5. The summed E-state index contributed by atoms with van der Waals surface area (Å²) < 4.78 is 0. The van der Waals surface area contributed by atoms with Gasteiger partial charge in [0.25, 0.3) is 0 Å². The van der Waals surface area contributed by atoms with Gasteiger partial charge in [0.1, 0.15) is 11.3 Å². The molecular weight excluding hydrogens is 371 g/mol. The Hall–Kier alpha value is -2.30. The van der Waals surface area contributed by atoms with Gasteiger partial charge in [0.2, 0.25) is 5.91 Å². The van der Waals surface area contributed by atoms with Crippen molar-refractivity contribution in [2.45, 2.75) is 25.8 Å². The minimum absolute atomic E-state index is 0.00162. The molecule has 2 aromatic carbocycles. The van der Waals surface area contributed by atoms with Crippen molar-refractivity contribution in [3.63, 3.8) is 0 Å². The molecule has 0 aliphatic heterocycles. The van der Waals surface area contributed by atoms with Crippen molar-refractivity contribution in [1.29, 1.82) is 0 Å². The van der Waals surface area contributed by atoms with Crippen LogP contribution in [0.3, 0.4) is 0 Å². The lowest BCUT2D eigenvalue weighted by Gasteiger charge is -2.22. The molecule has 6 heteroatoms. The summed E-state index contributed by atoms with van der Waals surface area (Å²) in [6, 6.07) is 11.8. The third kappa shape index (κ3) is 3.76. The number of amides is 1. The average Bonchev–Trinajstić information content (AvgIpc) is 2.64. The highest BCUT2D eigenvalue weighted by Gasteiger charge is 2.23. The molecule has 0 bridgehead atoms. The van der Waals surface area contributed by atoms with Crippen LogP contribution in [0.5, 0.6) is 5.75 Å². The SMILES string of the molecule is CCCC(=O)N[C@H](c1ccc(Cl)cc1)c1cc(Cl)c2cccnc2c1O. The van der Waals surface area contributed by atoms with Crippen molar-refractivity contribution in [3.05, 3.63) is 69.8 Å². The standard InChI is InChI=1S/C20H18Cl2N2O2/c1-2-4-17(25)24-18(12-6-8-13(21)9-7-12)15-11-16(22)14-5-3-10-23-19(14)20(15)26/h3,5-11,18,26H,2,4H2,1H3,(H,24,25)/t18-/m1/s1. The fourth-order valence-corrected chi connectivity index (χ4v) is 3.28. The second-order valence-corrected chi connectivity index (χ2v) is 6.84. The monoisotopic (exact) mass is 388 g/mol. The van der Waals surface area contributed by atoms with E-state index < -0.39 is 6.04 Å². The highest BCUT2D eigenvalue weighted by atomic mass is 35.5. The predicted molar refractivity (Wildman–Crippen MR) is 105 cm³/mol. The van der Waals surface area contributed by atoms with Crippen LogP contribution < -0.4 is 5.32 Å². The number of halogens is 2. The number of carbonyl (C=O) groups excluding carboxylic acids is 1. The van der Waals surface area contributed by atoms with E-state index in [0.29, 0.717) is 32.9 Å². The fourth-order valence-electron chi connectivity index (χ4n) is 2.88. The molecule has 2 N–H and O–H groups in total. The first-order chi connectivity index (χ1) is 12.5. The summed E-state index contributed by atoms with van der Waals surface area (Å²) in [5.41, 5.74) is 1.69. The Morgan fingerprint density at radius 3 is 2.65 bits per heavy atom. The number of nitrogens with zero attached hydrogens (tertiary/aromatic N) is 1.